The van der Waals surface area contributed by atoms with Crippen molar-refractivity contribution in [3.05, 3.63) is 49.2 Å². The summed E-state index contributed by atoms with van der Waals surface area (Å²) in [5.74, 6) is 0.363. The van der Waals surface area contributed by atoms with Crippen LogP contribution in [0.4, 0.5) is 11.5 Å². The van der Waals surface area contributed by atoms with Gasteiger partial charge in [-0.1, -0.05) is 0 Å². The standard InChI is InChI=1S/C14H12N6/c15-10-7-12(16)20-14(9-1-3-17-4-2-9)13(10)11-8-18-5-6-19-11/h1-8H,(H4,15,16,20). The summed E-state index contributed by atoms with van der Waals surface area (Å²) in [4.78, 5) is 16.7. The van der Waals surface area contributed by atoms with E-state index in [1.807, 2.05) is 12.1 Å². The highest BCUT2D eigenvalue weighted by molar-refractivity contribution is 5.88. The minimum Gasteiger partial charge on any atom is -0.398 e. The quantitative estimate of drug-likeness (QED) is 0.731. The van der Waals surface area contributed by atoms with Crippen molar-refractivity contribution in [3.63, 3.8) is 0 Å². The van der Waals surface area contributed by atoms with Crippen molar-refractivity contribution < 1.29 is 0 Å². The number of hydrogen-bond donors (Lipinski definition) is 2. The molecule has 0 saturated carbocycles. The minimum absolute atomic E-state index is 0.363. The molecule has 0 spiro atoms. The zero-order valence-corrected chi connectivity index (χ0v) is 10.6. The van der Waals surface area contributed by atoms with Gasteiger partial charge in [-0.3, -0.25) is 15.0 Å². The maximum Gasteiger partial charge on any atom is 0.126 e. The van der Waals surface area contributed by atoms with E-state index in [0.29, 0.717) is 22.9 Å². The van der Waals surface area contributed by atoms with Crippen molar-refractivity contribution in [2.75, 3.05) is 11.5 Å². The predicted molar refractivity (Wildman–Crippen MR) is 77.3 cm³/mol. The second kappa shape index (κ2) is 4.93. The van der Waals surface area contributed by atoms with Crippen LogP contribution in [0.5, 0.6) is 0 Å². The van der Waals surface area contributed by atoms with Crippen LogP contribution in [0, 0.1) is 0 Å². The summed E-state index contributed by atoms with van der Waals surface area (Å²) in [6.07, 6.45) is 8.25. The van der Waals surface area contributed by atoms with Gasteiger partial charge in [0.15, 0.2) is 0 Å². The summed E-state index contributed by atoms with van der Waals surface area (Å²) in [6, 6.07) is 5.32. The van der Waals surface area contributed by atoms with Crippen LogP contribution in [0.25, 0.3) is 22.5 Å². The van der Waals surface area contributed by atoms with Crippen LogP contribution in [0.3, 0.4) is 0 Å². The monoisotopic (exact) mass is 264 g/mol. The molecule has 0 aliphatic rings. The van der Waals surface area contributed by atoms with Gasteiger partial charge in [-0.2, -0.15) is 0 Å². The van der Waals surface area contributed by atoms with Gasteiger partial charge in [0, 0.05) is 42.1 Å². The smallest absolute Gasteiger partial charge is 0.126 e. The topological polar surface area (TPSA) is 104 Å². The summed E-state index contributed by atoms with van der Waals surface area (Å²) in [5.41, 5.74) is 15.3. The Hall–Kier alpha value is -3.02. The van der Waals surface area contributed by atoms with Crippen LogP contribution in [0.2, 0.25) is 0 Å². The zero-order valence-electron chi connectivity index (χ0n) is 10.6. The molecule has 3 heterocycles. The summed E-state index contributed by atoms with van der Waals surface area (Å²) in [5, 5.41) is 0. The van der Waals surface area contributed by atoms with Crippen molar-refractivity contribution >= 4 is 11.5 Å². The van der Waals surface area contributed by atoms with E-state index in [4.69, 9.17) is 11.5 Å². The fraction of sp³-hybridized carbons (Fsp3) is 0. The lowest BCUT2D eigenvalue weighted by Gasteiger charge is -2.12. The molecule has 0 atom stereocenters. The number of aromatic nitrogens is 4. The van der Waals surface area contributed by atoms with Crippen LogP contribution in [-0.4, -0.2) is 19.9 Å². The molecule has 4 N–H and O–H groups in total. The number of hydrogen-bond acceptors (Lipinski definition) is 6. The Morgan fingerprint density at radius 3 is 2.40 bits per heavy atom. The van der Waals surface area contributed by atoms with Gasteiger partial charge in [0.05, 0.1) is 23.1 Å². The van der Waals surface area contributed by atoms with Crippen LogP contribution >= 0.6 is 0 Å². The van der Waals surface area contributed by atoms with Crippen LogP contribution in [0.1, 0.15) is 0 Å². The van der Waals surface area contributed by atoms with E-state index < -0.39 is 0 Å². The normalized spacial score (nSPS) is 10.4. The fourth-order valence-corrected chi connectivity index (χ4v) is 2.00. The van der Waals surface area contributed by atoms with Gasteiger partial charge < -0.3 is 11.5 Å². The van der Waals surface area contributed by atoms with Crippen molar-refractivity contribution in [1.29, 1.82) is 0 Å². The maximum absolute atomic E-state index is 6.09. The van der Waals surface area contributed by atoms with Gasteiger partial charge in [-0.15, -0.1) is 0 Å². The Morgan fingerprint density at radius 1 is 0.900 bits per heavy atom. The second-order valence-corrected chi connectivity index (χ2v) is 4.19. The molecule has 0 aliphatic heterocycles. The Balaban J connectivity index is 2.29. The number of rotatable bonds is 2. The average Bonchev–Trinajstić information content (AvgIpc) is 2.48. The molecule has 3 rings (SSSR count). The van der Waals surface area contributed by atoms with Gasteiger partial charge in [-0.05, 0) is 12.1 Å². The molecule has 6 nitrogen and oxygen atoms in total. The molecule has 0 aliphatic carbocycles. The van der Waals surface area contributed by atoms with E-state index in [-0.39, 0.29) is 0 Å². The van der Waals surface area contributed by atoms with E-state index in [9.17, 15) is 0 Å². The Morgan fingerprint density at radius 2 is 1.70 bits per heavy atom. The van der Waals surface area contributed by atoms with Gasteiger partial charge in [-0.25, -0.2) is 4.98 Å². The van der Waals surface area contributed by atoms with Gasteiger partial charge >= 0.3 is 0 Å². The first-order valence-corrected chi connectivity index (χ1v) is 5.98. The lowest BCUT2D eigenvalue weighted by Crippen LogP contribution is -2.01. The number of nitrogen functional groups attached to an aromatic ring is 2. The van der Waals surface area contributed by atoms with E-state index in [0.717, 1.165) is 11.1 Å². The summed E-state index contributed by atoms with van der Waals surface area (Å²) in [6.45, 7) is 0. The molecule has 98 valence electrons. The number of nitrogens with zero attached hydrogens (tertiary/aromatic N) is 4. The Labute approximate surface area is 115 Å². The summed E-state index contributed by atoms with van der Waals surface area (Å²) < 4.78 is 0. The SMILES string of the molecule is Nc1cc(N)c(-c2cnccn2)c(-c2ccncc2)n1. The van der Waals surface area contributed by atoms with Crippen molar-refractivity contribution in [2.45, 2.75) is 0 Å². The molecule has 20 heavy (non-hydrogen) atoms. The molecule has 0 fully saturated rings. The van der Waals surface area contributed by atoms with Gasteiger partial charge in [0.25, 0.3) is 0 Å². The lowest BCUT2D eigenvalue weighted by atomic mass is 10.0. The summed E-state index contributed by atoms with van der Waals surface area (Å²) in [7, 11) is 0. The number of pyridine rings is 2. The van der Waals surface area contributed by atoms with Crippen molar-refractivity contribution in [2.24, 2.45) is 0 Å². The minimum atomic E-state index is 0.363. The average molecular weight is 264 g/mol. The summed E-state index contributed by atoms with van der Waals surface area (Å²) >= 11 is 0. The third-order valence-electron chi connectivity index (χ3n) is 2.84. The molecule has 3 aromatic rings. The van der Waals surface area contributed by atoms with Gasteiger partial charge in [0.1, 0.15) is 5.82 Å². The molecule has 0 amide bonds. The first kappa shape index (κ1) is 12.0. The molecule has 0 saturated heterocycles. The Kier molecular flexibility index (Phi) is 2.96. The fourth-order valence-electron chi connectivity index (χ4n) is 2.00. The van der Waals surface area contributed by atoms with Crippen molar-refractivity contribution in [3.8, 4) is 22.5 Å². The molecule has 3 aromatic heterocycles. The first-order chi connectivity index (χ1) is 9.75. The van der Waals surface area contributed by atoms with Gasteiger partial charge in [0.2, 0.25) is 0 Å². The van der Waals surface area contributed by atoms with Crippen LogP contribution in [-0.2, 0) is 0 Å². The van der Waals surface area contributed by atoms with Crippen molar-refractivity contribution in [1.82, 2.24) is 19.9 Å². The third kappa shape index (κ3) is 2.14. The van der Waals surface area contributed by atoms with E-state index >= 15 is 0 Å². The van der Waals surface area contributed by atoms with E-state index in [2.05, 4.69) is 19.9 Å². The third-order valence-corrected chi connectivity index (χ3v) is 2.84. The largest absolute Gasteiger partial charge is 0.398 e. The van der Waals surface area contributed by atoms with E-state index in [1.54, 1.807) is 37.1 Å². The molecule has 0 aromatic carbocycles. The first-order valence-electron chi connectivity index (χ1n) is 5.98. The van der Waals surface area contributed by atoms with Crippen LogP contribution < -0.4 is 11.5 Å². The Bertz CT molecular complexity index is 727. The zero-order chi connectivity index (χ0) is 13.9. The van der Waals surface area contributed by atoms with E-state index in [1.165, 1.54) is 0 Å². The predicted octanol–water partition coefficient (Wildman–Crippen LogP) is 1.76. The maximum atomic E-state index is 6.09. The highest BCUT2D eigenvalue weighted by atomic mass is 14.9. The van der Waals surface area contributed by atoms with Crippen LogP contribution in [0.15, 0.2) is 49.2 Å². The second-order valence-electron chi connectivity index (χ2n) is 4.19. The molecular formula is C14H12N6. The molecule has 0 unspecified atom stereocenters. The molecular weight excluding hydrogens is 252 g/mol. The molecule has 6 heteroatoms. The highest BCUT2D eigenvalue weighted by Crippen LogP contribution is 2.34. The molecule has 0 radical (unpaired) electrons. The number of anilines is 2. The highest BCUT2D eigenvalue weighted by Gasteiger charge is 2.15. The lowest BCUT2D eigenvalue weighted by molar-refractivity contribution is 1.20. The number of nitrogens with two attached hydrogens (primary N) is 2. The molecule has 0 bridgehead atoms.